The third-order valence-corrected chi connectivity index (χ3v) is 1.93. The Morgan fingerprint density at radius 1 is 1.58 bits per heavy atom. The predicted molar refractivity (Wildman–Crippen MR) is 49.1 cm³/mol. The molecule has 0 unspecified atom stereocenters. The lowest BCUT2D eigenvalue weighted by Gasteiger charge is -2.19. The molecule has 0 saturated heterocycles. The van der Waals surface area contributed by atoms with Crippen LogP contribution in [0, 0.1) is 0 Å². The van der Waals surface area contributed by atoms with E-state index in [2.05, 4.69) is 16.8 Å². The summed E-state index contributed by atoms with van der Waals surface area (Å²) in [6.07, 6.45) is 3.43. The minimum absolute atomic E-state index is 0.0491. The summed E-state index contributed by atoms with van der Waals surface area (Å²) >= 11 is 0. The zero-order chi connectivity index (χ0) is 8.97. The van der Waals surface area contributed by atoms with Gasteiger partial charge in [0.15, 0.2) is 0 Å². The molecule has 0 atom stereocenters. The predicted octanol–water partition coefficient (Wildman–Crippen LogP) is 1.03. The molecule has 1 aromatic rings. The van der Waals surface area contributed by atoms with Crippen molar-refractivity contribution in [3.8, 4) is 0 Å². The summed E-state index contributed by atoms with van der Waals surface area (Å²) in [6.45, 7) is 3.05. The number of pyridine rings is 1. The third kappa shape index (κ3) is 1.74. The van der Waals surface area contributed by atoms with Crippen LogP contribution in [-0.4, -0.2) is 23.7 Å². The maximum absolute atomic E-state index is 9.00. The number of aliphatic hydroxyl groups excluding tert-OH is 1. The van der Waals surface area contributed by atoms with Crippen molar-refractivity contribution in [2.75, 3.05) is 18.5 Å². The number of nitrogens with zero attached hydrogens (tertiary/aromatic N) is 2. The largest absolute Gasteiger partial charge is 0.392 e. The maximum atomic E-state index is 9.00. The Morgan fingerprint density at radius 3 is 2.92 bits per heavy atom. The van der Waals surface area contributed by atoms with Crippen LogP contribution in [0.3, 0.4) is 0 Å². The van der Waals surface area contributed by atoms with Gasteiger partial charge in [-0.25, -0.2) is 0 Å². The first-order valence-corrected chi connectivity index (χ1v) is 4.04. The van der Waals surface area contributed by atoms with Crippen molar-refractivity contribution in [1.82, 2.24) is 4.98 Å². The highest BCUT2D eigenvalue weighted by atomic mass is 16.3. The van der Waals surface area contributed by atoms with E-state index in [-0.39, 0.29) is 6.61 Å². The van der Waals surface area contributed by atoms with Gasteiger partial charge in [0.1, 0.15) is 0 Å². The highest BCUT2D eigenvalue weighted by Crippen LogP contribution is 2.16. The molecular weight excluding hydrogens is 152 g/mol. The Hall–Kier alpha value is -1.09. The molecule has 0 saturated carbocycles. The number of aliphatic hydroxyl groups is 1. The molecule has 0 amide bonds. The molecule has 0 bridgehead atoms. The Morgan fingerprint density at radius 2 is 2.33 bits per heavy atom. The summed E-state index contributed by atoms with van der Waals surface area (Å²) in [5.74, 6) is 0. The smallest absolute Gasteiger partial charge is 0.0717 e. The summed E-state index contributed by atoms with van der Waals surface area (Å²) < 4.78 is 0. The van der Waals surface area contributed by atoms with Gasteiger partial charge in [-0.05, 0) is 13.0 Å². The average molecular weight is 166 g/mol. The summed E-state index contributed by atoms with van der Waals surface area (Å²) in [5.41, 5.74) is 1.93. The molecule has 0 fully saturated rings. The lowest BCUT2D eigenvalue weighted by atomic mass is 10.2. The first kappa shape index (κ1) is 9.00. The van der Waals surface area contributed by atoms with Crippen molar-refractivity contribution in [1.29, 1.82) is 0 Å². The van der Waals surface area contributed by atoms with E-state index in [4.69, 9.17) is 5.11 Å². The van der Waals surface area contributed by atoms with Gasteiger partial charge in [0, 0.05) is 37.2 Å². The fraction of sp³-hybridized carbons (Fsp3) is 0.444. The SMILES string of the molecule is CCN(C)c1ccncc1CO. The highest BCUT2D eigenvalue weighted by Gasteiger charge is 2.03. The van der Waals surface area contributed by atoms with Gasteiger partial charge in [0.2, 0.25) is 0 Å². The van der Waals surface area contributed by atoms with Crippen LogP contribution in [0.4, 0.5) is 5.69 Å². The second kappa shape index (κ2) is 4.07. The normalized spacial score (nSPS) is 9.92. The summed E-state index contributed by atoms with van der Waals surface area (Å²) in [4.78, 5) is 6.02. The Bertz CT molecular complexity index is 250. The molecule has 12 heavy (non-hydrogen) atoms. The lowest BCUT2D eigenvalue weighted by Crippen LogP contribution is -2.17. The Kier molecular flexibility index (Phi) is 3.05. The van der Waals surface area contributed by atoms with Gasteiger partial charge in [-0.15, -0.1) is 0 Å². The molecule has 3 heteroatoms. The van der Waals surface area contributed by atoms with Gasteiger partial charge >= 0.3 is 0 Å². The van der Waals surface area contributed by atoms with Crippen molar-refractivity contribution in [2.24, 2.45) is 0 Å². The monoisotopic (exact) mass is 166 g/mol. The molecule has 3 nitrogen and oxygen atoms in total. The van der Waals surface area contributed by atoms with Crippen molar-refractivity contribution >= 4 is 5.69 Å². The molecular formula is C9H14N2O. The minimum Gasteiger partial charge on any atom is -0.392 e. The first-order chi connectivity index (χ1) is 5.79. The fourth-order valence-electron chi connectivity index (χ4n) is 1.08. The van der Waals surface area contributed by atoms with Gasteiger partial charge in [-0.3, -0.25) is 4.98 Å². The van der Waals surface area contributed by atoms with E-state index in [1.165, 1.54) is 0 Å². The number of hydrogen-bond acceptors (Lipinski definition) is 3. The molecule has 0 aliphatic rings. The molecule has 0 aliphatic carbocycles. The van der Waals surface area contributed by atoms with Gasteiger partial charge < -0.3 is 10.0 Å². The van der Waals surface area contributed by atoms with E-state index in [0.717, 1.165) is 17.8 Å². The van der Waals surface area contributed by atoms with Crippen molar-refractivity contribution in [3.05, 3.63) is 24.0 Å². The minimum atomic E-state index is 0.0491. The van der Waals surface area contributed by atoms with E-state index in [1.54, 1.807) is 12.4 Å². The van der Waals surface area contributed by atoms with Crippen molar-refractivity contribution in [2.45, 2.75) is 13.5 Å². The third-order valence-electron chi connectivity index (χ3n) is 1.93. The molecule has 1 heterocycles. The maximum Gasteiger partial charge on any atom is 0.0717 e. The van der Waals surface area contributed by atoms with Crippen LogP contribution in [0.25, 0.3) is 0 Å². The molecule has 1 rings (SSSR count). The molecule has 66 valence electrons. The fourth-order valence-corrected chi connectivity index (χ4v) is 1.08. The molecule has 0 aromatic carbocycles. The van der Waals surface area contributed by atoms with Gasteiger partial charge in [0.25, 0.3) is 0 Å². The van der Waals surface area contributed by atoms with Crippen LogP contribution >= 0.6 is 0 Å². The molecule has 1 N–H and O–H groups in total. The summed E-state index contributed by atoms with van der Waals surface area (Å²) in [7, 11) is 1.99. The Labute approximate surface area is 72.7 Å². The lowest BCUT2D eigenvalue weighted by molar-refractivity contribution is 0.281. The number of anilines is 1. The molecule has 0 aliphatic heterocycles. The van der Waals surface area contributed by atoms with E-state index in [0.29, 0.717) is 0 Å². The standard InChI is InChI=1S/C9H14N2O/c1-3-11(2)9-4-5-10-6-8(9)7-12/h4-6,12H,3,7H2,1-2H3. The second-order valence-electron chi connectivity index (χ2n) is 2.68. The van der Waals surface area contributed by atoms with Crippen molar-refractivity contribution in [3.63, 3.8) is 0 Å². The summed E-state index contributed by atoms with van der Waals surface area (Å²) in [6, 6.07) is 1.91. The molecule has 1 aromatic heterocycles. The first-order valence-electron chi connectivity index (χ1n) is 4.04. The quantitative estimate of drug-likeness (QED) is 0.728. The Balaban J connectivity index is 2.96. The van der Waals surface area contributed by atoms with E-state index in [1.807, 2.05) is 13.1 Å². The topological polar surface area (TPSA) is 36.4 Å². The van der Waals surface area contributed by atoms with Crippen LogP contribution in [0.1, 0.15) is 12.5 Å². The van der Waals surface area contributed by atoms with Crippen LogP contribution in [0.2, 0.25) is 0 Å². The number of hydrogen-bond donors (Lipinski definition) is 1. The number of aromatic nitrogens is 1. The summed E-state index contributed by atoms with van der Waals surface area (Å²) in [5, 5.41) is 9.00. The average Bonchev–Trinajstić information content (AvgIpc) is 2.16. The van der Waals surface area contributed by atoms with Gasteiger partial charge in [0.05, 0.1) is 6.61 Å². The van der Waals surface area contributed by atoms with Crippen molar-refractivity contribution < 1.29 is 5.11 Å². The highest BCUT2D eigenvalue weighted by molar-refractivity contribution is 5.50. The van der Waals surface area contributed by atoms with Crippen LogP contribution in [0.15, 0.2) is 18.5 Å². The number of rotatable bonds is 3. The van der Waals surface area contributed by atoms with Crippen LogP contribution < -0.4 is 4.90 Å². The zero-order valence-corrected chi connectivity index (χ0v) is 7.49. The van der Waals surface area contributed by atoms with Gasteiger partial charge in [-0.1, -0.05) is 0 Å². The molecule has 0 radical (unpaired) electrons. The van der Waals surface area contributed by atoms with E-state index < -0.39 is 0 Å². The van der Waals surface area contributed by atoms with E-state index in [9.17, 15) is 0 Å². The van der Waals surface area contributed by atoms with Crippen LogP contribution in [0.5, 0.6) is 0 Å². The molecule has 0 spiro atoms. The second-order valence-corrected chi connectivity index (χ2v) is 2.68. The van der Waals surface area contributed by atoms with Crippen LogP contribution in [-0.2, 0) is 6.61 Å². The van der Waals surface area contributed by atoms with Gasteiger partial charge in [-0.2, -0.15) is 0 Å². The van der Waals surface area contributed by atoms with E-state index >= 15 is 0 Å². The zero-order valence-electron chi connectivity index (χ0n) is 7.49.